The van der Waals surface area contributed by atoms with Gasteiger partial charge in [-0.1, -0.05) is 20.3 Å². The SMILES string of the molecule is CCC(CC(C)C=O)C(C=O)C=O. The fourth-order valence-corrected chi connectivity index (χ4v) is 1.38. The molecule has 74 valence electrons. The molecule has 0 radical (unpaired) electrons. The van der Waals surface area contributed by atoms with E-state index in [-0.39, 0.29) is 11.8 Å². The molecule has 2 atom stereocenters. The molecular formula is C10H16O3. The molecule has 13 heavy (non-hydrogen) atoms. The zero-order valence-corrected chi connectivity index (χ0v) is 8.10. The van der Waals surface area contributed by atoms with Crippen LogP contribution in [-0.2, 0) is 14.4 Å². The van der Waals surface area contributed by atoms with Gasteiger partial charge in [-0.05, 0) is 12.3 Å². The van der Waals surface area contributed by atoms with Crippen molar-refractivity contribution in [3.63, 3.8) is 0 Å². The molecule has 0 amide bonds. The van der Waals surface area contributed by atoms with E-state index in [0.717, 1.165) is 12.7 Å². The molecule has 0 aromatic carbocycles. The van der Waals surface area contributed by atoms with Gasteiger partial charge in [-0.25, -0.2) is 0 Å². The van der Waals surface area contributed by atoms with Crippen LogP contribution in [0.5, 0.6) is 0 Å². The standard InChI is InChI=1S/C10H16O3/c1-3-9(4-8(2)5-11)10(6-12)7-13/h5-10H,3-4H2,1-2H3. The molecule has 0 aliphatic heterocycles. The Morgan fingerprint density at radius 2 is 1.62 bits per heavy atom. The molecule has 3 heteroatoms. The van der Waals surface area contributed by atoms with Crippen molar-refractivity contribution in [3.05, 3.63) is 0 Å². The highest BCUT2D eigenvalue weighted by atomic mass is 16.1. The summed E-state index contributed by atoms with van der Waals surface area (Å²) in [6, 6.07) is 0. The summed E-state index contributed by atoms with van der Waals surface area (Å²) >= 11 is 0. The highest BCUT2D eigenvalue weighted by Gasteiger charge is 2.20. The quantitative estimate of drug-likeness (QED) is 0.442. The van der Waals surface area contributed by atoms with Crippen molar-refractivity contribution in [2.45, 2.75) is 26.7 Å². The molecule has 0 bridgehead atoms. The molecule has 0 aliphatic carbocycles. The maximum atomic E-state index is 10.5. The number of carbonyl (C=O) groups is 3. The first-order chi connectivity index (χ1) is 6.19. The molecule has 0 aliphatic rings. The minimum absolute atomic E-state index is 0.00944. The number of aldehydes is 3. The first-order valence-electron chi connectivity index (χ1n) is 4.55. The van der Waals surface area contributed by atoms with Crippen molar-refractivity contribution in [3.8, 4) is 0 Å². The van der Waals surface area contributed by atoms with E-state index in [1.165, 1.54) is 0 Å². The molecule has 0 aromatic heterocycles. The highest BCUT2D eigenvalue weighted by molar-refractivity contribution is 5.77. The van der Waals surface area contributed by atoms with Gasteiger partial charge in [0.15, 0.2) is 0 Å². The van der Waals surface area contributed by atoms with Crippen molar-refractivity contribution in [2.75, 3.05) is 0 Å². The summed E-state index contributed by atoms with van der Waals surface area (Å²) in [4.78, 5) is 31.4. The monoisotopic (exact) mass is 184 g/mol. The van der Waals surface area contributed by atoms with Crippen LogP contribution in [0.15, 0.2) is 0 Å². The normalized spacial score (nSPS) is 15.0. The van der Waals surface area contributed by atoms with E-state index in [1.54, 1.807) is 6.92 Å². The summed E-state index contributed by atoms with van der Waals surface area (Å²) in [5, 5.41) is 0. The van der Waals surface area contributed by atoms with E-state index in [0.29, 0.717) is 19.0 Å². The third-order valence-corrected chi connectivity index (χ3v) is 2.29. The van der Waals surface area contributed by atoms with E-state index in [9.17, 15) is 14.4 Å². The first-order valence-corrected chi connectivity index (χ1v) is 4.55. The zero-order valence-electron chi connectivity index (χ0n) is 8.10. The van der Waals surface area contributed by atoms with E-state index >= 15 is 0 Å². The molecule has 0 fully saturated rings. The Kier molecular flexibility index (Phi) is 6.02. The molecule has 2 unspecified atom stereocenters. The van der Waals surface area contributed by atoms with Crippen LogP contribution in [0.25, 0.3) is 0 Å². The lowest BCUT2D eigenvalue weighted by Crippen LogP contribution is -2.19. The topological polar surface area (TPSA) is 51.2 Å². The smallest absolute Gasteiger partial charge is 0.130 e. The van der Waals surface area contributed by atoms with Gasteiger partial charge in [-0.2, -0.15) is 0 Å². The minimum Gasteiger partial charge on any atom is -0.303 e. The van der Waals surface area contributed by atoms with Gasteiger partial charge in [-0.15, -0.1) is 0 Å². The first kappa shape index (κ1) is 12.0. The largest absolute Gasteiger partial charge is 0.303 e. The molecule has 0 aromatic rings. The van der Waals surface area contributed by atoms with E-state index in [4.69, 9.17) is 0 Å². The molecular weight excluding hydrogens is 168 g/mol. The maximum absolute atomic E-state index is 10.5. The van der Waals surface area contributed by atoms with Crippen LogP contribution in [0.2, 0.25) is 0 Å². The van der Waals surface area contributed by atoms with E-state index in [1.807, 2.05) is 6.92 Å². The van der Waals surface area contributed by atoms with Crippen molar-refractivity contribution in [1.29, 1.82) is 0 Å². The Morgan fingerprint density at radius 1 is 1.08 bits per heavy atom. The molecule has 0 saturated carbocycles. The van der Waals surface area contributed by atoms with Gasteiger partial charge in [0.2, 0.25) is 0 Å². The van der Waals surface area contributed by atoms with Crippen molar-refractivity contribution < 1.29 is 14.4 Å². The average Bonchev–Trinajstić information content (AvgIpc) is 2.17. The summed E-state index contributed by atoms with van der Waals surface area (Å²) < 4.78 is 0. The second-order valence-electron chi connectivity index (χ2n) is 3.37. The third kappa shape index (κ3) is 3.97. The number of carbonyl (C=O) groups excluding carboxylic acids is 3. The van der Waals surface area contributed by atoms with Gasteiger partial charge in [0.25, 0.3) is 0 Å². The molecule has 0 rings (SSSR count). The molecule has 0 heterocycles. The number of hydrogen-bond donors (Lipinski definition) is 0. The Hall–Kier alpha value is -0.990. The average molecular weight is 184 g/mol. The van der Waals surface area contributed by atoms with E-state index in [2.05, 4.69) is 0 Å². The van der Waals surface area contributed by atoms with Gasteiger partial charge >= 0.3 is 0 Å². The van der Waals surface area contributed by atoms with Crippen LogP contribution in [-0.4, -0.2) is 18.9 Å². The second-order valence-corrected chi connectivity index (χ2v) is 3.37. The van der Waals surface area contributed by atoms with Gasteiger partial charge in [-0.3, -0.25) is 0 Å². The minimum atomic E-state index is -0.549. The summed E-state index contributed by atoms with van der Waals surface area (Å²) in [5.74, 6) is -0.616. The number of rotatable bonds is 7. The van der Waals surface area contributed by atoms with Crippen LogP contribution in [0.4, 0.5) is 0 Å². The number of hydrogen-bond acceptors (Lipinski definition) is 3. The van der Waals surface area contributed by atoms with Crippen LogP contribution in [0.3, 0.4) is 0 Å². The van der Waals surface area contributed by atoms with E-state index < -0.39 is 5.92 Å². The van der Waals surface area contributed by atoms with Crippen molar-refractivity contribution in [1.82, 2.24) is 0 Å². The molecule has 3 nitrogen and oxygen atoms in total. The lowest BCUT2D eigenvalue weighted by atomic mass is 9.85. The summed E-state index contributed by atoms with van der Waals surface area (Å²) in [6.07, 6.45) is 3.55. The van der Waals surface area contributed by atoms with Gasteiger partial charge in [0, 0.05) is 5.92 Å². The molecule has 0 N–H and O–H groups in total. The molecule has 0 spiro atoms. The van der Waals surface area contributed by atoms with Crippen LogP contribution < -0.4 is 0 Å². The van der Waals surface area contributed by atoms with Gasteiger partial charge < -0.3 is 14.4 Å². The maximum Gasteiger partial charge on any atom is 0.130 e. The highest BCUT2D eigenvalue weighted by Crippen LogP contribution is 2.20. The Labute approximate surface area is 78.5 Å². The summed E-state index contributed by atoms with van der Waals surface area (Å²) in [7, 11) is 0. The van der Waals surface area contributed by atoms with Crippen LogP contribution in [0, 0.1) is 17.8 Å². The third-order valence-electron chi connectivity index (χ3n) is 2.29. The van der Waals surface area contributed by atoms with Gasteiger partial charge in [0.1, 0.15) is 18.9 Å². The summed E-state index contributed by atoms with van der Waals surface area (Å²) in [5.41, 5.74) is 0. The Bertz CT molecular complexity index is 169. The predicted molar refractivity (Wildman–Crippen MR) is 49.2 cm³/mol. The lowest BCUT2D eigenvalue weighted by molar-refractivity contribution is -0.122. The van der Waals surface area contributed by atoms with Gasteiger partial charge in [0.05, 0.1) is 5.92 Å². The Morgan fingerprint density at radius 3 is 1.92 bits per heavy atom. The fourth-order valence-electron chi connectivity index (χ4n) is 1.38. The van der Waals surface area contributed by atoms with Crippen molar-refractivity contribution in [2.24, 2.45) is 17.8 Å². The van der Waals surface area contributed by atoms with Crippen molar-refractivity contribution >= 4 is 18.9 Å². The summed E-state index contributed by atoms with van der Waals surface area (Å²) in [6.45, 7) is 3.71. The Balaban J connectivity index is 4.21. The van der Waals surface area contributed by atoms with Crippen LogP contribution >= 0.6 is 0 Å². The zero-order chi connectivity index (χ0) is 10.3. The second kappa shape index (κ2) is 6.52. The van der Waals surface area contributed by atoms with Crippen LogP contribution in [0.1, 0.15) is 26.7 Å². The predicted octanol–water partition coefficient (Wildman–Crippen LogP) is 1.25. The lowest BCUT2D eigenvalue weighted by Gasteiger charge is -2.18. The fraction of sp³-hybridized carbons (Fsp3) is 0.700. The molecule has 0 saturated heterocycles.